The van der Waals surface area contributed by atoms with Crippen molar-refractivity contribution in [3.8, 4) is 6.07 Å². The predicted octanol–water partition coefficient (Wildman–Crippen LogP) is 0.243. The van der Waals surface area contributed by atoms with E-state index in [9.17, 15) is 25.0 Å². The van der Waals surface area contributed by atoms with Crippen LogP contribution in [0.2, 0.25) is 0 Å². The fourth-order valence-electron chi connectivity index (χ4n) is 3.11. The molecule has 0 radical (unpaired) electrons. The molecule has 0 bridgehead atoms. The van der Waals surface area contributed by atoms with Gasteiger partial charge in [0.1, 0.15) is 11.6 Å². The molecule has 3 N–H and O–H groups in total. The zero-order valence-corrected chi connectivity index (χ0v) is 13.9. The van der Waals surface area contributed by atoms with Crippen LogP contribution in [0.25, 0.3) is 0 Å². The number of aromatic nitrogens is 2. The lowest BCUT2D eigenvalue weighted by Gasteiger charge is -2.28. The highest BCUT2D eigenvalue weighted by Crippen LogP contribution is 2.41. The van der Waals surface area contributed by atoms with E-state index in [0.29, 0.717) is 0 Å². The number of nitrogens with two attached hydrogens (primary N) is 1. The van der Waals surface area contributed by atoms with Crippen LogP contribution in [0, 0.1) is 21.4 Å². The van der Waals surface area contributed by atoms with E-state index in [2.05, 4.69) is 5.32 Å². The largest absolute Gasteiger partial charge is 0.384 e. The first-order valence-electron chi connectivity index (χ1n) is 7.49. The molecule has 2 aromatic rings. The molecule has 3 rings (SSSR count). The molecule has 2 heterocycles. The number of benzene rings is 1. The molecule has 0 spiro atoms. The van der Waals surface area contributed by atoms with Crippen molar-refractivity contribution >= 4 is 11.5 Å². The summed E-state index contributed by atoms with van der Waals surface area (Å²) in [5.74, 6) is -1.02. The minimum atomic E-state index is -1.07. The first-order valence-corrected chi connectivity index (χ1v) is 7.49. The average Bonchev–Trinajstić information content (AvgIpc) is 2.63. The molecule has 0 amide bonds. The summed E-state index contributed by atoms with van der Waals surface area (Å²) < 4.78 is 2.07. The van der Waals surface area contributed by atoms with Gasteiger partial charge in [-0.25, -0.2) is 4.79 Å². The summed E-state index contributed by atoms with van der Waals surface area (Å²) in [5, 5.41) is 23.7. The van der Waals surface area contributed by atoms with Crippen molar-refractivity contribution in [1.82, 2.24) is 9.13 Å². The number of fused-ring (bicyclic) bond motifs is 1. The summed E-state index contributed by atoms with van der Waals surface area (Å²) >= 11 is 0. The van der Waals surface area contributed by atoms with Crippen LogP contribution in [-0.4, -0.2) is 14.1 Å². The summed E-state index contributed by atoms with van der Waals surface area (Å²) in [6.07, 6.45) is 0. The fourth-order valence-corrected chi connectivity index (χ4v) is 3.11. The maximum atomic E-state index is 12.8. The first-order chi connectivity index (χ1) is 12.3. The van der Waals surface area contributed by atoms with E-state index in [-0.39, 0.29) is 34.0 Å². The van der Waals surface area contributed by atoms with Gasteiger partial charge in [0.05, 0.1) is 28.0 Å². The molecule has 0 saturated carbocycles. The molecular weight excluding hydrogens is 340 g/mol. The Bertz CT molecular complexity index is 1130. The van der Waals surface area contributed by atoms with Gasteiger partial charge in [-0.3, -0.25) is 24.0 Å². The lowest BCUT2D eigenvalue weighted by molar-refractivity contribution is -0.385. The number of rotatable bonds is 2. The van der Waals surface area contributed by atoms with E-state index in [1.54, 1.807) is 6.07 Å². The van der Waals surface area contributed by atoms with Gasteiger partial charge < -0.3 is 11.1 Å². The van der Waals surface area contributed by atoms with Crippen molar-refractivity contribution in [3.05, 3.63) is 77.7 Å². The second-order valence-corrected chi connectivity index (χ2v) is 5.78. The topological polar surface area (TPSA) is 149 Å². The number of anilines is 1. The summed E-state index contributed by atoms with van der Waals surface area (Å²) in [5.41, 5.74) is 4.60. The van der Waals surface area contributed by atoms with Gasteiger partial charge >= 0.3 is 5.69 Å². The average molecular weight is 354 g/mol. The minimum Gasteiger partial charge on any atom is -0.384 e. The third kappa shape index (κ3) is 2.26. The third-order valence-corrected chi connectivity index (χ3v) is 4.38. The number of nitrogens with one attached hydrogen (secondary N) is 1. The van der Waals surface area contributed by atoms with Gasteiger partial charge in [-0.15, -0.1) is 0 Å². The van der Waals surface area contributed by atoms with Crippen LogP contribution in [0.15, 0.2) is 45.2 Å². The van der Waals surface area contributed by atoms with Crippen LogP contribution in [0.4, 0.5) is 11.5 Å². The van der Waals surface area contributed by atoms with E-state index in [1.165, 1.54) is 36.9 Å². The Kier molecular flexibility index (Phi) is 3.84. The van der Waals surface area contributed by atoms with Crippen molar-refractivity contribution in [1.29, 1.82) is 5.26 Å². The molecular formula is C16H14N6O4. The maximum Gasteiger partial charge on any atom is 0.332 e. The molecule has 1 aliphatic rings. The highest BCUT2D eigenvalue weighted by Gasteiger charge is 2.37. The molecule has 1 atom stereocenters. The van der Waals surface area contributed by atoms with Crippen LogP contribution >= 0.6 is 0 Å². The first kappa shape index (κ1) is 17.0. The van der Waals surface area contributed by atoms with E-state index >= 15 is 0 Å². The van der Waals surface area contributed by atoms with Crippen molar-refractivity contribution in [3.63, 3.8) is 0 Å². The smallest absolute Gasteiger partial charge is 0.332 e. The van der Waals surface area contributed by atoms with Gasteiger partial charge in [0.25, 0.3) is 11.2 Å². The summed E-state index contributed by atoms with van der Waals surface area (Å²) in [6.45, 7) is 0. The van der Waals surface area contributed by atoms with Gasteiger partial charge in [-0.05, 0) is 0 Å². The molecule has 1 aliphatic heterocycles. The molecule has 10 heteroatoms. The van der Waals surface area contributed by atoms with Gasteiger partial charge in [-0.2, -0.15) is 5.26 Å². The summed E-state index contributed by atoms with van der Waals surface area (Å²) in [6, 6.07) is 7.73. The molecule has 132 valence electrons. The molecule has 1 unspecified atom stereocenters. The zero-order chi connectivity index (χ0) is 19.2. The SMILES string of the molecule is Cn1c2c(c(=O)n(C)c1=O)C(c1ccccc1[N+](=O)[O-])C(C#N)=C(N)N2. The molecule has 0 saturated heterocycles. The van der Waals surface area contributed by atoms with Crippen molar-refractivity contribution < 1.29 is 4.92 Å². The lowest BCUT2D eigenvalue weighted by Crippen LogP contribution is -2.43. The second-order valence-electron chi connectivity index (χ2n) is 5.78. The van der Waals surface area contributed by atoms with E-state index < -0.39 is 22.1 Å². The van der Waals surface area contributed by atoms with E-state index in [0.717, 1.165) is 4.57 Å². The summed E-state index contributed by atoms with van der Waals surface area (Å²) in [7, 11) is 2.74. The Balaban J connectivity index is 2.48. The van der Waals surface area contributed by atoms with Crippen molar-refractivity contribution in [2.75, 3.05) is 5.32 Å². The normalized spacial score (nSPS) is 15.8. The van der Waals surface area contributed by atoms with Gasteiger partial charge in [-0.1, -0.05) is 18.2 Å². The van der Waals surface area contributed by atoms with Crippen LogP contribution in [-0.2, 0) is 14.1 Å². The van der Waals surface area contributed by atoms with Crippen LogP contribution in [0.3, 0.4) is 0 Å². The molecule has 1 aromatic carbocycles. The number of nitro benzene ring substituents is 1. The number of nitro groups is 1. The standard InChI is InChI=1S/C16H14N6O4/c1-20-14-12(15(23)21(2)16(20)24)11(9(7-17)13(18)19-14)8-5-3-4-6-10(8)22(25)26/h3-6,11,19H,18H2,1-2H3. The van der Waals surface area contributed by atoms with Gasteiger partial charge in [0.15, 0.2) is 0 Å². The number of allylic oxidation sites excluding steroid dienone is 1. The molecule has 0 aliphatic carbocycles. The molecule has 26 heavy (non-hydrogen) atoms. The van der Waals surface area contributed by atoms with Crippen LogP contribution < -0.4 is 22.3 Å². The van der Waals surface area contributed by atoms with Crippen LogP contribution in [0.5, 0.6) is 0 Å². The number of hydrogen-bond donors (Lipinski definition) is 2. The van der Waals surface area contributed by atoms with Crippen LogP contribution in [0.1, 0.15) is 17.0 Å². The van der Waals surface area contributed by atoms with Crippen molar-refractivity contribution in [2.45, 2.75) is 5.92 Å². The number of nitriles is 1. The highest BCUT2D eigenvalue weighted by atomic mass is 16.6. The molecule has 0 fully saturated rings. The molecule has 10 nitrogen and oxygen atoms in total. The Labute approximate surface area is 146 Å². The lowest BCUT2D eigenvalue weighted by atomic mass is 9.83. The second kappa shape index (κ2) is 5.89. The van der Waals surface area contributed by atoms with Gasteiger partial charge in [0, 0.05) is 25.7 Å². The minimum absolute atomic E-state index is 0.0254. The monoisotopic (exact) mass is 354 g/mol. The summed E-state index contributed by atoms with van der Waals surface area (Å²) in [4.78, 5) is 35.8. The third-order valence-electron chi connectivity index (χ3n) is 4.38. The van der Waals surface area contributed by atoms with E-state index in [4.69, 9.17) is 5.73 Å². The number of para-hydroxylation sites is 1. The Morgan fingerprint density at radius 2 is 1.92 bits per heavy atom. The molecule has 1 aromatic heterocycles. The fraction of sp³-hybridized carbons (Fsp3) is 0.188. The number of hydrogen-bond acceptors (Lipinski definition) is 7. The highest BCUT2D eigenvalue weighted by molar-refractivity contribution is 5.66. The number of nitrogens with zero attached hydrogens (tertiary/aromatic N) is 4. The maximum absolute atomic E-state index is 12.8. The Hall–Kier alpha value is -3.87. The van der Waals surface area contributed by atoms with Gasteiger partial charge in [0.2, 0.25) is 0 Å². The van der Waals surface area contributed by atoms with E-state index in [1.807, 2.05) is 6.07 Å². The quantitative estimate of drug-likeness (QED) is 0.579. The zero-order valence-electron chi connectivity index (χ0n) is 13.9. The predicted molar refractivity (Wildman–Crippen MR) is 92.3 cm³/mol. The Morgan fingerprint density at radius 3 is 2.54 bits per heavy atom. The van der Waals surface area contributed by atoms with Crippen molar-refractivity contribution in [2.24, 2.45) is 19.8 Å². The Morgan fingerprint density at radius 1 is 1.27 bits per heavy atom.